The lowest BCUT2D eigenvalue weighted by Crippen LogP contribution is -2.41. The van der Waals surface area contributed by atoms with Crippen molar-refractivity contribution in [3.05, 3.63) is 41.8 Å². The lowest BCUT2D eigenvalue weighted by molar-refractivity contribution is -0.122. The second-order valence-corrected chi connectivity index (χ2v) is 7.08. The number of thiophene rings is 1. The minimum atomic E-state index is -0.265. The first-order chi connectivity index (χ1) is 12.1. The highest BCUT2D eigenvalue weighted by Crippen LogP contribution is 2.38. The van der Waals surface area contributed by atoms with Crippen LogP contribution >= 0.6 is 11.3 Å². The molecule has 1 atom stereocenters. The van der Waals surface area contributed by atoms with Crippen molar-refractivity contribution in [1.29, 1.82) is 0 Å². The van der Waals surface area contributed by atoms with E-state index < -0.39 is 0 Å². The molecule has 1 saturated heterocycles. The van der Waals surface area contributed by atoms with E-state index >= 15 is 0 Å². The number of amides is 1. The maximum atomic E-state index is 13.3. The summed E-state index contributed by atoms with van der Waals surface area (Å²) in [4.78, 5) is 23.5. The molecule has 3 aromatic rings. The maximum absolute atomic E-state index is 13.3. The fraction of sp³-hybridized carbons (Fsp3) is 0.278. The minimum absolute atomic E-state index is 0.160. The standard InChI is InChI=1S/C18H17FN4OS/c19-13-5-3-11(4-6-13)14-9-25-18-15(14)17(21-10-22-18)23-7-1-2-12(8-23)16(20)24/h3-6,9-10,12H,1-2,7-8H2,(H2,20,24)/t12-/m1/s1. The molecule has 2 aromatic heterocycles. The molecule has 1 aliphatic heterocycles. The van der Waals surface area contributed by atoms with Gasteiger partial charge < -0.3 is 10.6 Å². The van der Waals surface area contributed by atoms with Crippen LogP contribution in [0.2, 0.25) is 0 Å². The summed E-state index contributed by atoms with van der Waals surface area (Å²) in [5.41, 5.74) is 7.41. The molecule has 5 nitrogen and oxygen atoms in total. The molecule has 1 aromatic carbocycles. The Hall–Kier alpha value is -2.54. The molecule has 2 N–H and O–H groups in total. The number of halogens is 1. The van der Waals surface area contributed by atoms with E-state index in [1.165, 1.54) is 23.5 Å². The normalized spacial score (nSPS) is 17.8. The largest absolute Gasteiger partial charge is 0.369 e. The van der Waals surface area contributed by atoms with Crippen LogP contribution in [0, 0.1) is 11.7 Å². The molecule has 4 rings (SSSR count). The number of carbonyl (C=O) groups excluding carboxylic acids is 1. The molecule has 0 aliphatic carbocycles. The molecule has 3 heterocycles. The van der Waals surface area contributed by atoms with Crippen molar-refractivity contribution >= 4 is 33.3 Å². The molecule has 0 bridgehead atoms. The van der Waals surface area contributed by atoms with E-state index in [-0.39, 0.29) is 17.6 Å². The number of fused-ring (bicyclic) bond motifs is 1. The fourth-order valence-electron chi connectivity index (χ4n) is 3.34. The third kappa shape index (κ3) is 2.95. The predicted molar refractivity (Wildman–Crippen MR) is 96.9 cm³/mol. The van der Waals surface area contributed by atoms with Gasteiger partial charge in [-0.3, -0.25) is 4.79 Å². The summed E-state index contributed by atoms with van der Waals surface area (Å²) in [6.45, 7) is 1.40. The van der Waals surface area contributed by atoms with Gasteiger partial charge in [0.05, 0.1) is 11.3 Å². The first kappa shape index (κ1) is 16.0. The third-order valence-corrected chi connectivity index (χ3v) is 5.52. The molecule has 0 radical (unpaired) electrons. The summed E-state index contributed by atoms with van der Waals surface area (Å²) in [6, 6.07) is 6.42. The van der Waals surface area contributed by atoms with Crippen molar-refractivity contribution in [2.24, 2.45) is 11.7 Å². The van der Waals surface area contributed by atoms with Crippen molar-refractivity contribution in [2.75, 3.05) is 18.0 Å². The molecule has 128 valence electrons. The second kappa shape index (κ2) is 6.40. The van der Waals surface area contributed by atoms with Gasteiger partial charge in [0.25, 0.3) is 0 Å². The van der Waals surface area contributed by atoms with E-state index in [1.54, 1.807) is 18.5 Å². The van der Waals surface area contributed by atoms with E-state index in [0.717, 1.165) is 46.5 Å². The number of hydrogen-bond acceptors (Lipinski definition) is 5. The van der Waals surface area contributed by atoms with Gasteiger partial charge in [-0.2, -0.15) is 0 Å². The summed E-state index contributed by atoms with van der Waals surface area (Å²) in [6.07, 6.45) is 3.26. The van der Waals surface area contributed by atoms with E-state index in [9.17, 15) is 9.18 Å². The molecule has 25 heavy (non-hydrogen) atoms. The molecule has 1 aliphatic rings. The van der Waals surface area contributed by atoms with Gasteiger partial charge >= 0.3 is 0 Å². The Kier molecular flexibility index (Phi) is 4.09. The summed E-state index contributed by atoms with van der Waals surface area (Å²) in [7, 11) is 0. The van der Waals surface area contributed by atoms with Crippen molar-refractivity contribution in [2.45, 2.75) is 12.8 Å². The van der Waals surface area contributed by atoms with Gasteiger partial charge in [0, 0.05) is 24.0 Å². The molecule has 7 heteroatoms. The van der Waals surface area contributed by atoms with Crippen LogP contribution in [0.25, 0.3) is 21.3 Å². The number of piperidine rings is 1. The van der Waals surface area contributed by atoms with Crippen molar-refractivity contribution in [1.82, 2.24) is 9.97 Å². The second-order valence-electron chi connectivity index (χ2n) is 6.22. The van der Waals surface area contributed by atoms with Crippen molar-refractivity contribution < 1.29 is 9.18 Å². The van der Waals surface area contributed by atoms with E-state index in [0.29, 0.717) is 6.54 Å². The minimum Gasteiger partial charge on any atom is -0.369 e. The van der Waals surface area contributed by atoms with Gasteiger partial charge in [-0.25, -0.2) is 14.4 Å². The zero-order valence-electron chi connectivity index (χ0n) is 13.5. The summed E-state index contributed by atoms with van der Waals surface area (Å²) in [5, 5.41) is 2.97. The molecule has 1 amide bonds. The maximum Gasteiger partial charge on any atom is 0.222 e. The highest BCUT2D eigenvalue weighted by molar-refractivity contribution is 7.17. The zero-order chi connectivity index (χ0) is 17.4. The summed E-state index contributed by atoms with van der Waals surface area (Å²) < 4.78 is 13.3. The fourth-order valence-corrected chi connectivity index (χ4v) is 4.25. The smallest absolute Gasteiger partial charge is 0.222 e. The topological polar surface area (TPSA) is 72.1 Å². The predicted octanol–water partition coefficient (Wildman–Crippen LogP) is 3.20. The first-order valence-corrected chi connectivity index (χ1v) is 9.04. The molecule has 0 spiro atoms. The van der Waals surface area contributed by atoms with Crippen LogP contribution in [0.4, 0.5) is 10.2 Å². The SMILES string of the molecule is NC(=O)[C@@H]1CCCN(c2ncnc3scc(-c4ccc(F)cc4)c23)C1. The van der Waals surface area contributed by atoms with E-state index in [4.69, 9.17) is 5.73 Å². The van der Waals surface area contributed by atoms with Crippen LogP contribution in [0.1, 0.15) is 12.8 Å². The summed E-state index contributed by atoms with van der Waals surface area (Å²) in [5.74, 6) is 0.127. The van der Waals surface area contributed by atoms with Crippen LogP contribution in [0.3, 0.4) is 0 Å². The van der Waals surface area contributed by atoms with E-state index in [1.807, 2.05) is 5.38 Å². The van der Waals surface area contributed by atoms with Crippen LogP contribution in [-0.2, 0) is 4.79 Å². The molecular weight excluding hydrogens is 339 g/mol. The lowest BCUT2D eigenvalue weighted by atomic mass is 9.97. The average Bonchev–Trinajstić information content (AvgIpc) is 3.06. The number of carbonyl (C=O) groups is 1. The van der Waals surface area contributed by atoms with Crippen LogP contribution in [0.15, 0.2) is 36.0 Å². The number of nitrogens with two attached hydrogens (primary N) is 1. The molecule has 0 unspecified atom stereocenters. The van der Waals surface area contributed by atoms with Crippen LogP contribution < -0.4 is 10.6 Å². The lowest BCUT2D eigenvalue weighted by Gasteiger charge is -2.32. The average molecular weight is 356 g/mol. The summed E-state index contributed by atoms with van der Waals surface area (Å²) >= 11 is 1.54. The van der Waals surface area contributed by atoms with Crippen molar-refractivity contribution in [3.63, 3.8) is 0 Å². The van der Waals surface area contributed by atoms with Gasteiger partial charge in [-0.05, 0) is 30.5 Å². The Morgan fingerprint density at radius 3 is 2.84 bits per heavy atom. The number of aromatic nitrogens is 2. The first-order valence-electron chi connectivity index (χ1n) is 8.16. The Bertz CT molecular complexity index is 924. The van der Waals surface area contributed by atoms with Gasteiger partial charge in [0.1, 0.15) is 22.8 Å². The molecule has 1 fully saturated rings. The molecule has 0 saturated carbocycles. The van der Waals surface area contributed by atoms with Gasteiger partial charge in [-0.1, -0.05) is 12.1 Å². The van der Waals surface area contributed by atoms with Gasteiger partial charge in [-0.15, -0.1) is 11.3 Å². The Morgan fingerprint density at radius 2 is 2.08 bits per heavy atom. The monoisotopic (exact) mass is 356 g/mol. The van der Waals surface area contributed by atoms with Crippen molar-refractivity contribution in [3.8, 4) is 11.1 Å². The number of hydrogen-bond donors (Lipinski definition) is 1. The number of rotatable bonds is 3. The zero-order valence-corrected chi connectivity index (χ0v) is 14.3. The highest BCUT2D eigenvalue weighted by Gasteiger charge is 2.27. The number of primary amides is 1. The van der Waals surface area contributed by atoms with Gasteiger partial charge in [0.2, 0.25) is 5.91 Å². The Balaban J connectivity index is 1.80. The van der Waals surface area contributed by atoms with Crippen LogP contribution in [0.5, 0.6) is 0 Å². The Morgan fingerprint density at radius 1 is 1.28 bits per heavy atom. The number of nitrogens with zero attached hydrogens (tertiary/aromatic N) is 3. The van der Waals surface area contributed by atoms with Crippen LogP contribution in [-0.4, -0.2) is 29.0 Å². The quantitative estimate of drug-likeness (QED) is 0.782. The third-order valence-electron chi connectivity index (χ3n) is 4.63. The molecular formula is C18H17FN4OS. The highest BCUT2D eigenvalue weighted by atomic mass is 32.1. The Labute approximate surface area is 148 Å². The van der Waals surface area contributed by atoms with Gasteiger partial charge in [0.15, 0.2) is 0 Å². The van der Waals surface area contributed by atoms with E-state index in [2.05, 4.69) is 14.9 Å². The number of benzene rings is 1. The number of anilines is 1.